The molecule has 2 aromatic carbocycles. The highest BCUT2D eigenvalue weighted by atomic mass is 16.5. The zero-order valence-corrected chi connectivity index (χ0v) is 16.8. The van der Waals surface area contributed by atoms with Gasteiger partial charge in [-0.3, -0.25) is 9.59 Å². The SMILES string of the molecule is COC(=O)c1ccc(COc2ccc(C=C3C(=O)c4ccccc4C3=O)cc2OC)o1. The van der Waals surface area contributed by atoms with Crippen molar-refractivity contribution in [1.29, 1.82) is 0 Å². The quantitative estimate of drug-likeness (QED) is 0.338. The van der Waals surface area contributed by atoms with E-state index < -0.39 is 5.97 Å². The van der Waals surface area contributed by atoms with Crippen LogP contribution >= 0.6 is 0 Å². The number of benzene rings is 2. The normalized spacial score (nSPS) is 12.5. The lowest BCUT2D eigenvalue weighted by Crippen LogP contribution is -2.01. The van der Waals surface area contributed by atoms with E-state index in [4.69, 9.17) is 13.9 Å². The Morgan fingerprint density at radius 2 is 1.65 bits per heavy atom. The van der Waals surface area contributed by atoms with Crippen molar-refractivity contribution in [1.82, 2.24) is 0 Å². The topological polar surface area (TPSA) is 92.0 Å². The Labute approximate surface area is 177 Å². The molecule has 0 saturated heterocycles. The van der Waals surface area contributed by atoms with Crippen molar-refractivity contribution in [3.63, 3.8) is 0 Å². The van der Waals surface area contributed by atoms with Gasteiger partial charge in [0.25, 0.3) is 0 Å². The van der Waals surface area contributed by atoms with Crippen molar-refractivity contribution in [2.75, 3.05) is 14.2 Å². The molecule has 0 unspecified atom stereocenters. The Morgan fingerprint density at radius 1 is 0.935 bits per heavy atom. The van der Waals surface area contributed by atoms with E-state index in [-0.39, 0.29) is 29.5 Å². The third-order valence-corrected chi connectivity index (χ3v) is 4.82. The zero-order valence-electron chi connectivity index (χ0n) is 16.8. The Kier molecular flexibility index (Phi) is 5.41. The van der Waals surface area contributed by atoms with E-state index in [1.165, 1.54) is 20.3 Å². The second-order valence-electron chi connectivity index (χ2n) is 6.72. The predicted molar refractivity (Wildman–Crippen MR) is 110 cm³/mol. The first-order valence-electron chi connectivity index (χ1n) is 9.40. The fourth-order valence-electron chi connectivity index (χ4n) is 3.28. The molecule has 1 heterocycles. The number of fused-ring (bicyclic) bond motifs is 1. The van der Waals surface area contributed by atoms with E-state index in [9.17, 15) is 14.4 Å². The van der Waals surface area contributed by atoms with Crippen molar-refractivity contribution < 1.29 is 33.0 Å². The number of methoxy groups -OCH3 is 2. The van der Waals surface area contributed by atoms with E-state index in [0.29, 0.717) is 33.9 Å². The van der Waals surface area contributed by atoms with E-state index in [1.54, 1.807) is 54.6 Å². The van der Waals surface area contributed by atoms with Crippen LogP contribution in [0.5, 0.6) is 11.5 Å². The van der Waals surface area contributed by atoms with E-state index in [1.807, 2.05) is 0 Å². The first kappa shape index (κ1) is 20.2. The van der Waals surface area contributed by atoms with Crippen molar-refractivity contribution in [2.45, 2.75) is 6.61 Å². The maximum atomic E-state index is 12.6. The van der Waals surface area contributed by atoms with Gasteiger partial charge in [0, 0.05) is 11.1 Å². The largest absolute Gasteiger partial charge is 0.493 e. The summed E-state index contributed by atoms with van der Waals surface area (Å²) < 4.78 is 21.1. The highest BCUT2D eigenvalue weighted by molar-refractivity contribution is 6.41. The van der Waals surface area contributed by atoms with Gasteiger partial charge in [0.2, 0.25) is 5.76 Å². The lowest BCUT2D eigenvalue weighted by Gasteiger charge is -2.10. The van der Waals surface area contributed by atoms with Crippen LogP contribution in [0, 0.1) is 0 Å². The van der Waals surface area contributed by atoms with E-state index in [2.05, 4.69) is 4.74 Å². The molecule has 0 spiro atoms. The first-order chi connectivity index (χ1) is 15.0. The van der Waals surface area contributed by atoms with Crippen LogP contribution in [0.25, 0.3) is 6.08 Å². The maximum absolute atomic E-state index is 12.6. The molecule has 0 radical (unpaired) electrons. The summed E-state index contributed by atoms with van der Waals surface area (Å²) in [6.45, 7) is 0.0695. The van der Waals surface area contributed by atoms with Gasteiger partial charge < -0.3 is 18.6 Å². The molecule has 1 aliphatic carbocycles. The summed E-state index contributed by atoms with van der Waals surface area (Å²) >= 11 is 0. The zero-order chi connectivity index (χ0) is 22.0. The number of carbonyl (C=O) groups excluding carboxylic acids is 3. The average molecular weight is 418 g/mol. The number of Topliss-reactive ketones (excluding diaryl/α,β-unsaturated/α-hetero) is 2. The first-order valence-corrected chi connectivity index (χ1v) is 9.40. The van der Waals surface area contributed by atoms with E-state index >= 15 is 0 Å². The molecule has 0 aliphatic heterocycles. The van der Waals surface area contributed by atoms with Crippen LogP contribution in [-0.4, -0.2) is 31.8 Å². The number of furan rings is 1. The summed E-state index contributed by atoms with van der Waals surface area (Å²) in [5, 5.41) is 0. The van der Waals surface area contributed by atoms with Gasteiger partial charge in [0.05, 0.1) is 19.8 Å². The summed E-state index contributed by atoms with van der Waals surface area (Å²) in [5.74, 6) is 0.227. The number of ether oxygens (including phenoxy) is 3. The summed E-state index contributed by atoms with van der Waals surface area (Å²) in [4.78, 5) is 36.6. The summed E-state index contributed by atoms with van der Waals surface area (Å²) in [7, 11) is 2.76. The molecule has 3 aromatic rings. The minimum Gasteiger partial charge on any atom is -0.493 e. The second kappa shape index (κ2) is 8.31. The van der Waals surface area contributed by atoms with Crippen LogP contribution in [0.15, 0.2) is 64.6 Å². The van der Waals surface area contributed by atoms with Crippen molar-refractivity contribution in [2.24, 2.45) is 0 Å². The minimum atomic E-state index is -0.570. The lowest BCUT2D eigenvalue weighted by atomic mass is 10.1. The Morgan fingerprint density at radius 3 is 2.29 bits per heavy atom. The summed E-state index contributed by atoms with van der Waals surface area (Å²) in [6, 6.07) is 14.9. The Balaban J connectivity index is 1.53. The monoisotopic (exact) mass is 418 g/mol. The van der Waals surface area contributed by atoms with Gasteiger partial charge in [-0.1, -0.05) is 30.3 Å². The molecule has 156 valence electrons. The summed E-state index contributed by atoms with van der Waals surface area (Å²) in [6.07, 6.45) is 1.55. The van der Waals surface area contributed by atoms with Gasteiger partial charge in [-0.2, -0.15) is 0 Å². The average Bonchev–Trinajstić information content (AvgIpc) is 3.37. The molecular formula is C24H18O7. The fourth-order valence-corrected chi connectivity index (χ4v) is 3.28. The van der Waals surface area contributed by atoms with Crippen molar-refractivity contribution in [3.8, 4) is 11.5 Å². The molecule has 31 heavy (non-hydrogen) atoms. The molecule has 0 saturated carbocycles. The lowest BCUT2D eigenvalue weighted by molar-refractivity contribution is 0.0560. The van der Waals surface area contributed by atoms with Crippen LogP contribution in [0.1, 0.15) is 42.6 Å². The molecule has 1 aromatic heterocycles. The van der Waals surface area contributed by atoms with Crippen molar-refractivity contribution >= 4 is 23.6 Å². The van der Waals surface area contributed by atoms with Gasteiger partial charge in [-0.15, -0.1) is 0 Å². The standard InChI is InChI=1S/C24H18O7/c1-28-21-12-14(11-18-22(25)16-5-3-4-6-17(16)23(18)26)7-9-19(21)30-13-15-8-10-20(31-15)24(27)29-2/h3-12H,13H2,1-2H3. The molecule has 7 heteroatoms. The number of hydrogen-bond acceptors (Lipinski definition) is 7. The van der Waals surface area contributed by atoms with Gasteiger partial charge in [0.1, 0.15) is 12.4 Å². The number of carbonyl (C=O) groups is 3. The second-order valence-corrected chi connectivity index (χ2v) is 6.72. The molecule has 0 amide bonds. The van der Waals surface area contributed by atoms with Gasteiger partial charge in [-0.05, 0) is 35.9 Å². The van der Waals surface area contributed by atoms with Crippen LogP contribution in [-0.2, 0) is 11.3 Å². The molecule has 4 rings (SSSR count). The van der Waals surface area contributed by atoms with Crippen LogP contribution in [0.4, 0.5) is 0 Å². The van der Waals surface area contributed by atoms with Gasteiger partial charge >= 0.3 is 5.97 Å². The number of ketones is 2. The van der Waals surface area contributed by atoms with Crippen LogP contribution < -0.4 is 9.47 Å². The molecule has 0 atom stereocenters. The van der Waals surface area contributed by atoms with Gasteiger partial charge in [-0.25, -0.2) is 4.79 Å². The smallest absolute Gasteiger partial charge is 0.373 e. The number of esters is 1. The molecule has 1 aliphatic rings. The number of allylic oxidation sites excluding steroid dienone is 1. The van der Waals surface area contributed by atoms with Crippen molar-refractivity contribution in [3.05, 3.63) is 88.4 Å². The molecule has 7 nitrogen and oxygen atoms in total. The number of hydrogen-bond donors (Lipinski definition) is 0. The van der Waals surface area contributed by atoms with Crippen LogP contribution in [0.3, 0.4) is 0 Å². The molecular weight excluding hydrogens is 400 g/mol. The Hall–Kier alpha value is -4.13. The third-order valence-electron chi connectivity index (χ3n) is 4.82. The molecule has 0 N–H and O–H groups in total. The Bertz CT molecular complexity index is 1180. The maximum Gasteiger partial charge on any atom is 0.373 e. The third kappa shape index (κ3) is 3.85. The minimum absolute atomic E-state index is 0.0695. The predicted octanol–water partition coefficient (Wildman–Crippen LogP) is 4.12. The molecule has 0 bridgehead atoms. The molecule has 0 fully saturated rings. The summed E-state index contributed by atoms with van der Waals surface area (Å²) in [5.41, 5.74) is 1.56. The van der Waals surface area contributed by atoms with E-state index in [0.717, 1.165) is 0 Å². The van der Waals surface area contributed by atoms with Crippen LogP contribution in [0.2, 0.25) is 0 Å². The highest BCUT2D eigenvalue weighted by Gasteiger charge is 2.32. The fraction of sp³-hybridized carbons (Fsp3) is 0.125. The number of rotatable bonds is 6. The highest BCUT2D eigenvalue weighted by Crippen LogP contribution is 2.32. The van der Waals surface area contributed by atoms with Gasteiger partial charge in [0.15, 0.2) is 23.1 Å².